The highest BCUT2D eigenvalue weighted by Crippen LogP contribution is 2.38. The maximum Gasteiger partial charge on any atom is 0.490 e. The molecule has 2 aromatic carbocycles. The van der Waals surface area contributed by atoms with Gasteiger partial charge in [0, 0.05) is 46.3 Å². The van der Waals surface area contributed by atoms with Crippen LogP contribution in [0.25, 0.3) is 31.4 Å². The molecule has 2 N–H and O–H groups in total. The summed E-state index contributed by atoms with van der Waals surface area (Å²) in [4.78, 5) is 31.0. The van der Waals surface area contributed by atoms with Gasteiger partial charge in [-0.3, -0.25) is 9.59 Å². The molecule has 0 aliphatic carbocycles. The number of aromatic nitrogens is 2. The summed E-state index contributed by atoms with van der Waals surface area (Å²) in [7, 11) is -1.36. The van der Waals surface area contributed by atoms with Gasteiger partial charge in [0.1, 0.15) is 4.60 Å². The van der Waals surface area contributed by atoms with E-state index in [4.69, 9.17) is 10.0 Å². The van der Waals surface area contributed by atoms with E-state index in [-0.39, 0.29) is 0 Å². The number of aldehydes is 2. The van der Waals surface area contributed by atoms with E-state index in [0.29, 0.717) is 15.5 Å². The molecule has 0 atom stereocenters. The largest absolute Gasteiger partial charge is 0.490 e. The molecule has 4 heterocycles. The summed E-state index contributed by atoms with van der Waals surface area (Å²) < 4.78 is 3.09. The van der Waals surface area contributed by atoms with Crippen molar-refractivity contribution in [2.24, 2.45) is 0 Å². The lowest BCUT2D eigenvalue weighted by Crippen LogP contribution is -2.30. The number of thiophene rings is 2. The Bertz CT molecular complexity index is 1710. The van der Waals surface area contributed by atoms with Crippen molar-refractivity contribution in [2.75, 3.05) is 0 Å². The highest BCUT2D eigenvalue weighted by molar-refractivity contribution is 9.10. The summed E-state index contributed by atoms with van der Waals surface area (Å²) in [6.07, 6.45) is 1.54. The number of fused-ring (bicyclic) bond motifs is 2. The maximum atomic E-state index is 10.7. The van der Waals surface area contributed by atoms with Crippen LogP contribution in [0.3, 0.4) is 0 Å². The lowest BCUT2D eigenvalue weighted by Gasteiger charge is -1.97. The zero-order chi connectivity index (χ0) is 27.2. The first-order valence-corrected chi connectivity index (χ1v) is 15.3. The van der Waals surface area contributed by atoms with E-state index in [9.17, 15) is 9.59 Å². The number of nitrogens with zero attached hydrogens (tertiary/aromatic N) is 2. The lowest BCUT2D eigenvalue weighted by molar-refractivity contribution is 0.111. The van der Waals surface area contributed by atoms with E-state index < -0.39 is 7.12 Å². The first-order valence-electron chi connectivity index (χ1n) is 11.1. The second kappa shape index (κ2) is 13.0. The first-order chi connectivity index (χ1) is 18.3. The molecular formula is C26H20BBrN2O4S4. The predicted octanol–water partition coefficient (Wildman–Crippen LogP) is 6.75. The molecular weight excluding hydrogens is 623 g/mol. The number of hydrogen-bond donors (Lipinski definition) is 2. The van der Waals surface area contributed by atoms with Gasteiger partial charge in [0.05, 0.1) is 5.69 Å². The third kappa shape index (κ3) is 6.52. The van der Waals surface area contributed by atoms with Crippen LogP contribution in [0.5, 0.6) is 0 Å². The Morgan fingerprint density at radius 1 is 0.789 bits per heavy atom. The van der Waals surface area contributed by atoms with Crippen molar-refractivity contribution in [1.82, 2.24) is 9.97 Å². The summed E-state index contributed by atoms with van der Waals surface area (Å²) in [6, 6.07) is 16.0. The standard InChI is InChI=1S/C13H9NOS2.C9H9BO2S.C4H2BrNOS/c1-8-13(10-7-16-12(6-15)14-10)9-4-2-3-5-11(9)17-8;1-6-9(10(11)12)7-4-2-3-5-8(7)13-6;5-3-2-8-4(1-7)6-3/h2-7H,1H3;2-5,11-12H,1H3;1-2H. The molecule has 38 heavy (non-hydrogen) atoms. The first kappa shape index (κ1) is 28.4. The summed E-state index contributed by atoms with van der Waals surface area (Å²) >= 11 is 9.18. The van der Waals surface area contributed by atoms with E-state index >= 15 is 0 Å². The number of rotatable bonds is 4. The third-order valence-corrected chi connectivity index (χ3v) is 9.76. The van der Waals surface area contributed by atoms with Gasteiger partial charge in [-0.1, -0.05) is 36.4 Å². The van der Waals surface area contributed by atoms with Crippen molar-refractivity contribution < 1.29 is 19.6 Å². The Morgan fingerprint density at radius 2 is 1.34 bits per heavy atom. The van der Waals surface area contributed by atoms with Gasteiger partial charge in [0.2, 0.25) is 0 Å². The van der Waals surface area contributed by atoms with Gasteiger partial charge >= 0.3 is 7.12 Å². The van der Waals surface area contributed by atoms with Gasteiger partial charge in [-0.05, 0) is 47.3 Å². The minimum absolute atomic E-state index is 0.511. The van der Waals surface area contributed by atoms with Crippen LogP contribution >= 0.6 is 61.3 Å². The molecule has 0 amide bonds. The lowest BCUT2D eigenvalue weighted by atomic mass is 9.78. The van der Waals surface area contributed by atoms with E-state index in [1.807, 2.05) is 48.7 Å². The minimum Gasteiger partial charge on any atom is -0.423 e. The summed E-state index contributed by atoms with van der Waals surface area (Å²) in [6.45, 7) is 4.00. The molecule has 0 unspecified atom stereocenters. The van der Waals surface area contributed by atoms with Gasteiger partial charge in [-0.2, -0.15) is 0 Å². The molecule has 0 saturated carbocycles. The summed E-state index contributed by atoms with van der Waals surface area (Å²) in [5.41, 5.74) is 2.71. The van der Waals surface area contributed by atoms with Crippen LogP contribution in [-0.2, 0) is 0 Å². The minimum atomic E-state index is -1.36. The quantitative estimate of drug-likeness (QED) is 0.163. The van der Waals surface area contributed by atoms with Crippen molar-refractivity contribution in [2.45, 2.75) is 13.8 Å². The van der Waals surface area contributed by atoms with Gasteiger partial charge in [0.25, 0.3) is 0 Å². The van der Waals surface area contributed by atoms with E-state index in [0.717, 1.165) is 43.4 Å². The number of aryl methyl sites for hydroxylation is 2. The zero-order valence-corrected chi connectivity index (χ0v) is 25.0. The van der Waals surface area contributed by atoms with E-state index in [1.54, 1.807) is 28.1 Å². The third-order valence-electron chi connectivity index (χ3n) is 5.32. The summed E-state index contributed by atoms with van der Waals surface area (Å²) in [5.74, 6) is 0. The molecule has 6 nitrogen and oxygen atoms in total. The number of halogens is 1. The molecule has 0 fully saturated rings. The highest BCUT2D eigenvalue weighted by Gasteiger charge is 2.19. The maximum absolute atomic E-state index is 10.7. The molecule has 0 aliphatic rings. The van der Waals surface area contributed by atoms with Crippen LogP contribution in [0.1, 0.15) is 29.4 Å². The van der Waals surface area contributed by atoms with Crippen LogP contribution < -0.4 is 5.46 Å². The molecule has 4 aromatic heterocycles. The Labute approximate surface area is 243 Å². The smallest absolute Gasteiger partial charge is 0.423 e. The SMILES string of the molecule is Cc1sc2ccccc2c1-c1csc(C=O)n1.Cc1sc2ccccc2c1B(O)O.O=Cc1nc(Br)cs1. The van der Waals surface area contributed by atoms with Crippen molar-refractivity contribution in [3.05, 3.63) is 83.7 Å². The fraction of sp³-hybridized carbons (Fsp3) is 0.0769. The van der Waals surface area contributed by atoms with Crippen LogP contribution in [0, 0.1) is 13.8 Å². The van der Waals surface area contributed by atoms with E-state index in [2.05, 4.69) is 45.0 Å². The van der Waals surface area contributed by atoms with Crippen molar-refractivity contribution in [3.63, 3.8) is 0 Å². The Kier molecular flexibility index (Phi) is 9.72. The fourth-order valence-electron chi connectivity index (χ4n) is 3.77. The molecule has 0 spiro atoms. The number of thiazole rings is 2. The fourth-order valence-corrected chi connectivity index (χ4v) is 7.61. The average Bonchev–Trinajstić information content (AvgIpc) is 3.68. The monoisotopic (exact) mass is 642 g/mol. The zero-order valence-electron chi connectivity index (χ0n) is 20.1. The second-order valence-electron chi connectivity index (χ2n) is 7.79. The number of carbonyl (C=O) groups excluding carboxylic acids is 2. The molecule has 192 valence electrons. The van der Waals surface area contributed by atoms with Crippen LogP contribution in [0.4, 0.5) is 0 Å². The van der Waals surface area contributed by atoms with Gasteiger partial charge in [0.15, 0.2) is 22.6 Å². The molecule has 0 saturated heterocycles. The predicted molar refractivity (Wildman–Crippen MR) is 165 cm³/mol. The Morgan fingerprint density at radius 3 is 1.89 bits per heavy atom. The van der Waals surface area contributed by atoms with Crippen molar-refractivity contribution in [1.29, 1.82) is 0 Å². The highest BCUT2D eigenvalue weighted by atomic mass is 79.9. The molecule has 6 rings (SSSR count). The molecule has 0 aliphatic heterocycles. The Balaban J connectivity index is 0.000000142. The normalized spacial score (nSPS) is 10.4. The number of benzene rings is 2. The summed E-state index contributed by atoms with van der Waals surface area (Å²) in [5, 5.41) is 25.2. The van der Waals surface area contributed by atoms with Crippen molar-refractivity contribution in [3.8, 4) is 11.3 Å². The average molecular weight is 643 g/mol. The molecule has 0 bridgehead atoms. The van der Waals surface area contributed by atoms with Gasteiger partial charge in [-0.25, -0.2) is 9.97 Å². The Hall–Kier alpha value is -2.58. The van der Waals surface area contributed by atoms with Crippen LogP contribution in [-0.4, -0.2) is 39.7 Å². The number of carbonyl (C=O) groups is 2. The van der Waals surface area contributed by atoms with Crippen LogP contribution in [0.2, 0.25) is 0 Å². The van der Waals surface area contributed by atoms with Gasteiger partial charge in [-0.15, -0.1) is 45.3 Å². The number of hydrogen-bond acceptors (Lipinski definition) is 10. The topological polar surface area (TPSA) is 100 Å². The van der Waals surface area contributed by atoms with Crippen molar-refractivity contribution >= 4 is 107 Å². The molecule has 6 aromatic rings. The molecule has 0 radical (unpaired) electrons. The van der Waals surface area contributed by atoms with E-state index in [1.165, 1.54) is 37.6 Å². The van der Waals surface area contributed by atoms with Gasteiger partial charge < -0.3 is 10.0 Å². The molecule has 12 heteroatoms. The van der Waals surface area contributed by atoms with Crippen LogP contribution in [0.15, 0.2) is 63.9 Å². The second-order valence-corrected chi connectivity index (χ2v) is 12.9.